The van der Waals surface area contributed by atoms with Crippen molar-refractivity contribution in [1.82, 2.24) is 9.97 Å². The number of nitrogens with zero attached hydrogens (tertiary/aromatic N) is 3. The fourth-order valence-corrected chi connectivity index (χ4v) is 4.76. The fourth-order valence-electron chi connectivity index (χ4n) is 1.99. The maximum Gasteiger partial charge on any atom is 0.469 e. The van der Waals surface area contributed by atoms with Crippen molar-refractivity contribution in [2.24, 2.45) is 4.99 Å². The van der Waals surface area contributed by atoms with Gasteiger partial charge in [0.2, 0.25) is 0 Å². The van der Waals surface area contributed by atoms with E-state index in [9.17, 15) is 4.57 Å². The van der Waals surface area contributed by atoms with E-state index in [1.807, 2.05) is 0 Å². The molecular weight excluding hydrogens is 388 g/mol. The lowest BCUT2D eigenvalue weighted by Crippen LogP contribution is -2.07. The zero-order valence-electron chi connectivity index (χ0n) is 13.7. The Morgan fingerprint density at radius 2 is 1.60 bits per heavy atom. The summed E-state index contributed by atoms with van der Waals surface area (Å²) in [7, 11) is -9.73. The van der Waals surface area contributed by atoms with E-state index in [1.54, 1.807) is 30.2 Å². The minimum atomic E-state index is -4.96. The summed E-state index contributed by atoms with van der Waals surface area (Å²) in [4.78, 5) is 56.6. The number of hydrogen-bond acceptors (Lipinski definition) is 8. The molecule has 12 heteroatoms. The van der Waals surface area contributed by atoms with Gasteiger partial charge in [0.05, 0.1) is 0 Å². The van der Waals surface area contributed by atoms with E-state index in [-0.39, 0.29) is 6.54 Å². The third-order valence-corrected chi connectivity index (χ3v) is 7.00. The first-order valence-electron chi connectivity index (χ1n) is 7.79. The molecule has 1 rings (SSSR count). The quantitative estimate of drug-likeness (QED) is 0.114. The van der Waals surface area contributed by atoms with Crippen LogP contribution >= 0.6 is 27.3 Å². The van der Waals surface area contributed by atoms with E-state index < -0.39 is 20.7 Å². The van der Waals surface area contributed by atoms with E-state index in [1.165, 1.54) is 0 Å². The van der Waals surface area contributed by atoms with Crippen molar-refractivity contribution in [2.75, 3.05) is 12.3 Å². The minimum absolute atomic E-state index is 0.0328. The van der Waals surface area contributed by atoms with Crippen LogP contribution in [0.15, 0.2) is 28.6 Å². The molecule has 0 bridgehead atoms. The number of aliphatic imine (C=N–C) groups is 1. The highest BCUT2D eigenvalue weighted by Crippen LogP contribution is 2.60. The van der Waals surface area contributed by atoms with Gasteiger partial charge in [-0.2, -0.15) is 14.7 Å². The number of aromatic nitrogens is 2. The van der Waals surface area contributed by atoms with E-state index in [0.717, 1.165) is 43.0 Å². The molecule has 0 unspecified atom stereocenters. The van der Waals surface area contributed by atoms with Crippen LogP contribution in [0.5, 0.6) is 0 Å². The number of unbranched alkanes of at least 4 members (excludes halogenated alkanes) is 5. The van der Waals surface area contributed by atoms with E-state index in [4.69, 9.17) is 24.5 Å². The smallest absolute Gasteiger partial charge is 0.317 e. The van der Waals surface area contributed by atoms with Crippen LogP contribution in [0.25, 0.3) is 0 Å². The first kappa shape index (κ1) is 22.6. The molecule has 1 heterocycles. The molecule has 0 aliphatic rings. The highest BCUT2D eigenvalue weighted by molar-refractivity contribution is 8.00. The van der Waals surface area contributed by atoms with Crippen LogP contribution in [0.1, 0.15) is 38.5 Å². The molecule has 0 saturated carbocycles. The molecule has 1 aromatic heterocycles. The van der Waals surface area contributed by atoms with Gasteiger partial charge < -0.3 is 9.79 Å². The van der Waals surface area contributed by atoms with Crippen LogP contribution < -0.4 is 0 Å². The maximum absolute atomic E-state index is 11.0. The topological polar surface area (TPSA) is 156 Å². The Morgan fingerprint density at radius 3 is 2.16 bits per heavy atom. The zero-order valence-corrected chi connectivity index (χ0v) is 16.3. The Bertz CT molecular complexity index is 579. The highest BCUT2D eigenvalue weighted by atomic mass is 32.2. The Morgan fingerprint density at radius 1 is 1.04 bits per heavy atom. The van der Waals surface area contributed by atoms with Gasteiger partial charge >= 0.3 is 20.7 Å². The number of rotatable bonds is 12. The lowest BCUT2D eigenvalue weighted by molar-refractivity contribution is 0.348. The van der Waals surface area contributed by atoms with Gasteiger partial charge in [-0.3, -0.25) is 0 Å². The Labute approximate surface area is 151 Å². The van der Waals surface area contributed by atoms with Crippen LogP contribution in [0.2, 0.25) is 0 Å². The molecule has 5 N–H and O–H groups in total. The van der Waals surface area contributed by atoms with Crippen molar-refractivity contribution in [3.05, 3.63) is 18.5 Å². The van der Waals surface area contributed by atoms with E-state index >= 15 is 0 Å². The molecule has 0 spiro atoms. The van der Waals surface area contributed by atoms with Gasteiger partial charge in [-0.1, -0.05) is 37.4 Å². The predicted octanol–water partition coefficient (Wildman–Crippen LogP) is 2.18. The van der Waals surface area contributed by atoms with E-state index in [0.29, 0.717) is 6.42 Å². The van der Waals surface area contributed by atoms with Crippen molar-refractivity contribution in [3.63, 3.8) is 0 Å². The largest absolute Gasteiger partial charge is 0.469 e. The molecule has 0 radical (unpaired) electrons. The van der Waals surface area contributed by atoms with Gasteiger partial charge in [0.15, 0.2) is 5.16 Å². The minimum Gasteiger partial charge on any atom is -0.317 e. The summed E-state index contributed by atoms with van der Waals surface area (Å²) < 4.78 is 11.0. The Balaban J connectivity index is 2.10. The van der Waals surface area contributed by atoms with Crippen LogP contribution in [0.4, 0.5) is 0 Å². The second-order valence-electron chi connectivity index (χ2n) is 5.30. The van der Waals surface area contributed by atoms with Gasteiger partial charge in [0.25, 0.3) is 0 Å². The third kappa shape index (κ3) is 10.3. The summed E-state index contributed by atoms with van der Waals surface area (Å²) >= 11 is 1.62. The molecule has 142 valence electrons. The second-order valence-corrected chi connectivity index (χ2v) is 9.78. The van der Waals surface area contributed by atoms with Gasteiger partial charge in [0.1, 0.15) is 0 Å². The summed E-state index contributed by atoms with van der Waals surface area (Å²) in [6.45, 7) is 0.0328. The molecular formula is C13H24N3O6P2S+. The van der Waals surface area contributed by atoms with Crippen LogP contribution in [0, 0.1) is 0 Å². The monoisotopic (exact) mass is 412 g/mol. The first-order valence-corrected chi connectivity index (χ1v) is 12.0. The van der Waals surface area contributed by atoms with Gasteiger partial charge in [-0.05, 0) is 18.9 Å². The molecule has 0 aliphatic carbocycles. The summed E-state index contributed by atoms with van der Waals surface area (Å²) in [5.74, 6) is 0.954. The third-order valence-electron chi connectivity index (χ3n) is 3.11. The molecule has 0 saturated heterocycles. The van der Waals surface area contributed by atoms with Crippen molar-refractivity contribution < 1.29 is 29.0 Å². The Hall–Kier alpha value is -0.440. The van der Waals surface area contributed by atoms with E-state index in [2.05, 4.69) is 15.0 Å². The molecule has 0 atom stereocenters. The maximum atomic E-state index is 11.0. The van der Waals surface area contributed by atoms with Crippen molar-refractivity contribution >= 4 is 32.5 Å². The first-order chi connectivity index (χ1) is 11.7. The van der Waals surface area contributed by atoms with Crippen molar-refractivity contribution in [2.45, 2.75) is 43.7 Å². The lowest BCUT2D eigenvalue weighted by Gasteiger charge is -2.08. The molecule has 1 aromatic rings. The second kappa shape index (κ2) is 11.3. The number of thioether (sulfide) groups is 1. The molecule has 0 aromatic carbocycles. The van der Waals surface area contributed by atoms with Crippen molar-refractivity contribution in [1.29, 1.82) is 0 Å². The molecule has 0 fully saturated rings. The molecule has 25 heavy (non-hydrogen) atoms. The predicted molar refractivity (Wildman–Crippen MR) is 98.4 cm³/mol. The average molecular weight is 412 g/mol. The SMILES string of the molecule is O=P(O)(O)C(=NCCCCCCCCSc1ncccn1)[P+](O)(O)O. The summed E-state index contributed by atoms with van der Waals surface area (Å²) in [5, 5.41) is -0.433. The Kier molecular flexibility index (Phi) is 10.2. The lowest BCUT2D eigenvalue weighted by atomic mass is 10.1. The normalized spacial score (nSPS) is 13.2. The standard InChI is InChI=1S/C13H23N3O6P2S/c17-23(18,19)13(24(20,21)22)16-8-5-3-1-2-4-6-11-25-12-14-9-7-10-15-12/h7,9-10,17-19H,1-6,8,11H2,(H-,20,21,22)/p+1. The van der Waals surface area contributed by atoms with Gasteiger partial charge in [-0.25, -0.2) is 19.5 Å². The van der Waals surface area contributed by atoms with Crippen LogP contribution in [-0.4, -0.2) is 51.9 Å². The van der Waals surface area contributed by atoms with Crippen LogP contribution in [0.3, 0.4) is 0 Å². The number of hydrogen-bond donors (Lipinski definition) is 5. The summed E-state index contributed by atoms with van der Waals surface area (Å²) in [6, 6.07) is 1.78. The molecule has 9 nitrogen and oxygen atoms in total. The zero-order chi connectivity index (χ0) is 18.8. The van der Waals surface area contributed by atoms with Gasteiger partial charge in [0, 0.05) is 24.7 Å². The van der Waals surface area contributed by atoms with Gasteiger partial charge in [-0.15, -0.1) is 0 Å². The summed E-state index contributed by atoms with van der Waals surface area (Å²) in [6.07, 6.45) is 8.88. The average Bonchev–Trinajstić information content (AvgIpc) is 2.51. The highest BCUT2D eigenvalue weighted by Gasteiger charge is 2.51. The van der Waals surface area contributed by atoms with Crippen molar-refractivity contribution in [3.8, 4) is 0 Å². The molecule has 0 aliphatic heterocycles. The fraction of sp³-hybridized carbons (Fsp3) is 0.615. The molecule has 0 amide bonds. The van der Waals surface area contributed by atoms with Crippen LogP contribution in [-0.2, 0) is 4.57 Å². The summed E-state index contributed by atoms with van der Waals surface area (Å²) in [5.41, 5.74) is 0.